The van der Waals surface area contributed by atoms with Crippen LogP contribution < -0.4 is 0 Å². The van der Waals surface area contributed by atoms with Gasteiger partial charge in [-0.2, -0.15) is 0 Å². The monoisotopic (exact) mass is 311 g/mol. The number of carbonyl (C=O) groups is 1. The van der Waals surface area contributed by atoms with Gasteiger partial charge in [0.05, 0.1) is 5.71 Å². The Hall–Kier alpha value is -1.07. The lowest BCUT2D eigenvalue weighted by atomic mass is 9.81. The zero-order valence-corrected chi connectivity index (χ0v) is 14.0. The third-order valence-electron chi connectivity index (χ3n) is 3.50. The molecule has 21 heavy (non-hydrogen) atoms. The largest absolute Gasteiger partial charge is 0.591 e. The molecule has 0 amide bonds. The zero-order chi connectivity index (χ0) is 16.1. The average molecular weight is 311 g/mol. The molecule has 0 saturated heterocycles. The first kappa shape index (κ1) is 18.0. The standard InChI is InChI=1S/C16H25NO3S/c1-6-10-16(14(18)20-12-7-2)11-8-9-13(16)17-21(19)15(3,4)5/h6-7H,1-2,8-12H2,3-5H3/b17-13+/t16-,21?/m1/s1. The van der Waals surface area contributed by atoms with E-state index in [4.69, 9.17) is 4.74 Å². The molecule has 1 unspecified atom stereocenters. The summed E-state index contributed by atoms with van der Waals surface area (Å²) in [5.41, 5.74) is -0.115. The molecule has 118 valence electrons. The van der Waals surface area contributed by atoms with E-state index in [0.717, 1.165) is 6.42 Å². The Bertz CT molecular complexity index is 439. The van der Waals surface area contributed by atoms with E-state index in [1.807, 2.05) is 20.8 Å². The van der Waals surface area contributed by atoms with Gasteiger partial charge in [-0.3, -0.25) is 4.79 Å². The molecule has 1 aliphatic carbocycles. The van der Waals surface area contributed by atoms with Crippen LogP contribution in [-0.2, 0) is 20.9 Å². The van der Waals surface area contributed by atoms with E-state index in [1.165, 1.54) is 0 Å². The summed E-state index contributed by atoms with van der Waals surface area (Å²) in [7, 11) is 0. The molecule has 4 nitrogen and oxygen atoms in total. The van der Waals surface area contributed by atoms with Crippen LogP contribution in [0.3, 0.4) is 0 Å². The Kier molecular flexibility index (Phi) is 6.23. The quantitative estimate of drug-likeness (QED) is 0.429. The van der Waals surface area contributed by atoms with E-state index < -0.39 is 21.5 Å². The second kappa shape index (κ2) is 7.27. The molecule has 1 saturated carbocycles. The van der Waals surface area contributed by atoms with Crippen molar-refractivity contribution in [3.8, 4) is 0 Å². The molecule has 0 bridgehead atoms. The first-order valence-electron chi connectivity index (χ1n) is 7.17. The van der Waals surface area contributed by atoms with Crippen molar-refractivity contribution in [1.29, 1.82) is 0 Å². The molecule has 0 spiro atoms. The lowest BCUT2D eigenvalue weighted by Crippen LogP contribution is -2.38. The normalized spacial score (nSPS) is 25.6. The van der Waals surface area contributed by atoms with Gasteiger partial charge in [0.2, 0.25) is 0 Å². The van der Waals surface area contributed by atoms with Gasteiger partial charge in [0.15, 0.2) is 0 Å². The van der Waals surface area contributed by atoms with Gasteiger partial charge >= 0.3 is 5.97 Å². The van der Waals surface area contributed by atoms with Crippen molar-refractivity contribution in [2.24, 2.45) is 9.81 Å². The minimum absolute atomic E-state index is 0.174. The topological polar surface area (TPSA) is 61.7 Å². The highest BCUT2D eigenvalue weighted by Gasteiger charge is 2.49. The highest BCUT2D eigenvalue weighted by molar-refractivity contribution is 7.91. The van der Waals surface area contributed by atoms with Gasteiger partial charge in [-0.1, -0.05) is 23.1 Å². The van der Waals surface area contributed by atoms with E-state index in [2.05, 4.69) is 17.6 Å². The summed E-state index contributed by atoms with van der Waals surface area (Å²) in [5, 5.41) is 0. The maximum absolute atomic E-state index is 12.5. The molecule has 1 fully saturated rings. The zero-order valence-electron chi connectivity index (χ0n) is 13.2. The van der Waals surface area contributed by atoms with Crippen LogP contribution in [-0.4, -0.2) is 27.6 Å². The maximum atomic E-state index is 12.5. The maximum Gasteiger partial charge on any atom is 0.318 e. The van der Waals surface area contributed by atoms with Crippen molar-refractivity contribution < 1.29 is 14.1 Å². The van der Waals surface area contributed by atoms with Gasteiger partial charge in [0.1, 0.15) is 28.1 Å². The summed E-state index contributed by atoms with van der Waals surface area (Å²) in [6.07, 6.45) is 5.89. The van der Waals surface area contributed by atoms with Crippen LogP contribution in [0.15, 0.2) is 29.7 Å². The number of nitrogens with zero attached hydrogens (tertiary/aromatic N) is 1. The van der Waals surface area contributed by atoms with Gasteiger partial charge in [-0.15, -0.1) is 6.58 Å². The van der Waals surface area contributed by atoms with Crippen molar-refractivity contribution in [2.45, 2.75) is 51.2 Å². The highest BCUT2D eigenvalue weighted by atomic mass is 32.2. The van der Waals surface area contributed by atoms with Crippen molar-refractivity contribution in [1.82, 2.24) is 0 Å². The van der Waals surface area contributed by atoms with Gasteiger partial charge in [-0.05, 0) is 46.5 Å². The molecule has 0 aromatic rings. The summed E-state index contributed by atoms with van der Waals surface area (Å²) in [6, 6.07) is 0. The molecule has 0 radical (unpaired) electrons. The second-order valence-corrected chi connectivity index (χ2v) is 8.12. The lowest BCUT2D eigenvalue weighted by Gasteiger charge is -2.27. The Morgan fingerprint density at radius 3 is 2.67 bits per heavy atom. The number of esters is 1. The fourth-order valence-electron chi connectivity index (χ4n) is 2.35. The number of carbonyl (C=O) groups excluding carboxylic acids is 1. The summed E-state index contributed by atoms with van der Waals surface area (Å²) in [6.45, 7) is 13.1. The molecule has 0 heterocycles. The Morgan fingerprint density at radius 2 is 2.14 bits per heavy atom. The lowest BCUT2D eigenvalue weighted by molar-refractivity contribution is -0.150. The van der Waals surface area contributed by atoms with Gasteiger partial charge in [-0.25, -0.2) is 0 Å². The molecule has 0 aromatic carbocycles. The third-order valence-corrected chi connectivity index (χ3v) is 4.94. The van der Waals surface area contributed by atoms with E-state index in [1.54, 1.807) is 12.2 Å². The number of hydrogen-bond acceptors (Lipinski definition) is 4. The van der Waals surface area contributed by atoms with E-state index in [9.17, 15) is 9.35 Å². The van der Waals surface area contributed by atoms with Crippen LogP contribution in [0.2, 0.25) is 0 Å². The van der Waals surface area contributed by atoms with Crippen LogP contribution in [0.5, 0.6) is 0 Å². The molecule has 5 heteroatoms. The fourth-order valence-corrected chi connectivity index (χ4v) is 3.09. The average Bonchev–Trinajstić information content (AvgIpc) is 2.79. The molecule has 2 atom stereocenters. The third kappa shape index (κ3) is 4.20. The van der Waals surface area contributed by atoms with Crippen LogP contribution in [0, 0.1) is 5.41 Å². The van der Waals surface area contributed by atoms with Crippen LogP contribution in [0.1, 0.15) is 46.5 Å². The van der Waals surface area contributed by atoms with E-state index in [0.29, 0.717) is 25.0 Å². The summed E-state index contributed by atoms with van der Waals surface area (Å²) in [5.74, 6) is -0.315. The van der Waals surface area contributed by atoms with Crippen molar-refractivity contribution in [3.63, 3.8) is 0 Å². The molecule has 0 N–H and O–H groups in total. The molecular formula is C16H25NO3S. The summed E-state index contributed by atoms with van der Waals surface area (Å²) < 4.78 is 21.4. The number of rotatable bonds is 6. The molecule has 1 aliphatic rings. The smallest absolute Gasteiger partial charge is 0.318 e. The Balaban J connectivity index is 3.10. The number of allylic oxidation sites excluding steroid dienone is 1. The fraction of sp³-hybridized carbons (Fsp3) is 0.625. The highest BCUT2D eigenvalue weighted by Crippen LogP contribution is 2.41. The molecule has 0 aliphatic heterocycles. The number of ether oxygens (including phenoxy) is 1. The van der Waals surface area contributed by atoms with Gasteiger partial charge in [0.25, 0.3) is 0 Å². The van der Waals surface area contributed by atoms with Crippen LogP contribution in [0.4, 0.5) is 0 Å². The first-order valence-corrected chi connectivity index (χ1v) is 8.27. The second-order valence-electron chi connectivity index (χ2n) is 6.22. The van der Waals surface area contributed by atoms with Crippen LogP contribution in [0.25, 0.3) is 0 Å². The molecular weight excluding hydrogens is 286 g/mol. The SMILES string of the molecule is C=CCOC(=O)[C@]1(CC=C)CCC/C1=N\[S+]([O-])C(C)(C)C. The first-order chi connectivity index (χ1) is 9.78. The van der Waals surface area contributed by atoms with Crippen molar-refractivity contribution >= 4 is 23.0 Å². The van der Waals surface area contributed by atoms with Gasteiger partial charge in [0, 0.05) is 0 Å². The van der Waals surface area contributed by atoms with Gasteiger partial charge < -0.3 is 9.29 Å². The van der Waals surface area contributed by atoms with Crippen molar-refractivity contribution in [3.05, 3.63) is 25.3 Å². The minimum Gasteiger partial charge on any atom is -0.591 e. The van der Waals surface area contributed by atoms with Crippen LogP contribution >= 0.6 is 0 Å². The predicted octanol–water partition coefficient (Wildman–Crippen LogP) is 3.37. The minimum atomic E-state index is -1.37. The summed E-state index contributed by atoms with van der Waals surface area (Å²) >= 11 is -1.37. The summed E-state index contributed by atoms with van der Waals surface area (Å²) in [4.78, 5) is 12.5. The molecule has 1 rings (SSSR count). The number of hydrogen-bond donors (Lipinski definition) is 0. The van der Waals surface area contributed by atoms with E-state index >= 15 is 0 Å². The molecule has 0 aromatic heterocycles. The van der Waals surface area contributed by atoms with Crippen molar-refractivity contribution in [2.75, 3.05) is 6.61 Å². The Labute approximate surface area is 130 Å². The Morgan fingerprint density at radius 1 is 1.48 bits per heavy atom. The predicted molar refractivity (Wildman–Crippen MR) is 87.6 cm³/mol. The van der Waals surface area contributed by atoms with E-state index in [-0.39, 0.29) is 12.6 Å².